The van der Waals surface area contributed by atoms with Gasteiger partial charge in [-0.15, -0.1) is 0 Å². The van der Waals surface area contributed by atoms with Gasteiger partial charge in [0.25, 0.3) is 10.2 Å². The summed E-state index contributed by atoms with van der Waals surface area (Å²) in [6, 6.07) is 0.146. The van der Waals surface area contributed by atoms with Crippen molar-refractivity contribution in [3.05, 3.63) is 0 Å². The SMILES string of the molecule is CCCN(CCC)S(=O)(=O)N1CCC(N)CC1C. The summed E-state index contributed by atoms with van der Waals surface area (Å²) in [7, 11) is -3.31. The fourth-order valence-electron chi connectivity index (χ4n) is 2.52. The van der Waals surface area contributed by atoms with Gasteiger partial charge in [-0.05, 0) is 32.6 Å². The van der Waals surface area contributed by atoms with Crippen LogP contribution in [-0.2, 0) is 10.2 Å². The first-order valence-corrected chi connectivity index (χ1v) is 8.35. The highest BCUT2D eigenvalue weighted by molar-refractivity contribution is 7.86. The average molecular weight is 277 g/mol. The second kappa shape index (κ2) is 6.84. The molecule has 5 nitrogen and oxygen atoms in total. The topological polar surface area (TPSA) is 66.6 Å². The summed E-state index contributed by atoms with van der Waals surface area (Å²) in [5.74, 6) is 0. The maximum atomic E-state index is 12.6. The van der Waals surface area contributed by atoms with Gasteiger partial charge in [0.15, 0.2) is 0 Å². The normalized spacial score (nSPS) is 26.7. The van der Waals surface area contributed by atoms with Gasteiger partial charge in [-0.25, -0.2) is 0 Å². The molecular formula is C12H27N3O2S. The average Bonchev–Trinajstić information content (AvgIpc) is 2.28. The van der Waals surface area contributed by atoms with Crippen LogP contribution in [0, 0.1) is 0 Å². The summed E-state index contributed by atoms with van der Waals surface area (Å²) in [6.07, 6.45) is 3.21. The van der Waals surface area contributed by atoms with Crippen LogP contribution in [0.4, 0.5) is 0 Å². The summed E-state index contributed by atoms with van der Waals surface area (Å²) in [5.41, 5.74) is 5.89. The van der Waals surface area contributed by atoms with Crippen LogP contribution in [0.1, 0.15) is 46.5 Å². The fraction of sp³-hybridized carbons (Fsp3) is 1.00. The van der Waals surface area contributed by atoms with Crippen molar-refractivity contribution in [2.75, 3.05) is 19.6 Å². The first kappa shape index (κ1) is 15.9. The molecule has 0 aromatic carbocycles. The standard InChI is InChI=1S/C12H27N3O2S/c1-4-7-14(8-5-2)18(16,17)15-9-6-12(13)10-11(15)3/h11-12H,4-10,13H2,1-3H3. The van der Waals surface area contributed by atoms with E-state index in [-0.39, 0.29) is 12.1 Å². The molecule has 2 unspecified atom stereocenters. The molecule has 0 amide bonds. The van der Waals surface area contributed by atoms with E-state index in [0.29, 0.717) is 19.6 Å². The van der Waals surface area contributed by atoms with Crippen molar-refractivity contribution in [2.45, 2.75) is 58.5 Å². The smallest absolute Gasteiger partial charge is 0.282 e. The van der Waals surface area contributed by atoms with Crippen LogP contribution in [0.3, 0.4) is 0 Å². The predicted octanol–water partition coefficient (Wildman–Crippen LogP) is 1.16. The van der Waals surface area contributed by atoms with Crippen LogP contribution in [0.25, 0.3) is 0 Å². The van der Waals surface area contributed by atoms with Crippen molar-refractivity contribution in [1.29, 1.82) is 0 Å². The number of rotatable bonds is 6. The minimum atomic E-state index is -3.31. The second-order valence-corrected chi connectivity index (χ2v) is 7.03. The Labute approximate surface area is 112 Å². The molecule has 0 aromatic heterocycles. The zero-order valence-corrected chi connectivity index (χ0v) is 12.6. The lowest BCUT2D eigenvalue weighted by Crippen LogP contribution is -2.53. The first-order chi connectivity index (χ1) is 8.43. The molecule has 6 heteroatoms. The Morgan fingerprint density at radius 3 is 2.28 bits per heavy atom. The third kappa shape index (κ3) is 3.66. The van der Waals surface area contributed by atoms with E-state index < -0.39 is 10.2 Å². The van der Waals surface area contributed by atoms with Crippen LogP contribution in [0.2, 0.25) is 0 Å². The molecule has 2 N–H and O–H groups in total. The maximum Gasteiger partial charge on any atom is 0.282 e. The lowest BCUT2D eigenvalue weighted by molar-refractivity contribution is 0.227. The van der Waals surface area contributed by atoms with E-state index in [0.717, 1.165) is 25.7 Å². The largest absolute Gasteiger partial charge is 0.328 e. The number of piperidine rings is 1. The molecular weight excluding hydrogens is 250 g/mol. The zero-order chi connectivity index (χ0) is 13.8. The summed E-state index contributed by atoms with van der Waals surface area (Å²) in [6.45, 7) is 7.72. The van der Waals surface area contributed by atoms with Crippen LogP contribution < -0.4 is 5.73 Å². The van der Waals surface area contributed by atoms with E-state index in [1.54, 1.807) is 8.61 Å². The van der Waals surface area contributed by atoms with Crippen molar-refractivity contribution in [1.82, 2.24) is 8.61 Å². The van der Waals surface area contributed by atoms with Gasteiger partial charge in [0.05, 0.1) is 0 Å². The Balaban J connectivity index is 2.82. The highest BCUT2D eigenvalue weighted by Gasteiger charge is 2.35. The quantitative estimate of drug-likeness (QED) is 0.792. The summed E-state index contributed by atoms with van der Waals surface area (Å²) >= 11 is 0. The maximum absolute atomic E-state index is 12.6. The van der Waals surface area contributed by atoms with Crippen LogP contribution >= 0.6 is 0 Å². The number of nitrogens with zero attached hydrogens (tertiary/aromatic N) is 2. The van der Waals surface area contributed by atoms with E-state index in [1.807, 2.05) is 20.8 Å². The molecule has 0 saturated carbocycles. The molecule has 18 heavy (non-hydrogen) atoms. The van der Waals surface area contributed by atoms with Crippen molar-refractivity contribution >= 4 is 10.2 Å². The van der Waals surface area contributed by atoms with Gasteiger partial charge in [-0.2, -0.15) is 17.0 Å². The molecule has 108 valence electrons. The number of nitrogens with two attached hydrogens (primary N) is 1. The van der Waals surface area contributed by atoms with Gasteiger partial charge in [0.2, 0.25) is 0 Å². The van der Waals surface area contributed by atoms with E-state index >= 15 is 0 Å². The monoisotopic (exact) mass is 277 g/mol. The molecule has 0 bridgehead atoms. The molecule has 1 rings (SSSR count). The molecule has 0 radical (unpaired) electrons. The molecule has 0 aromatic rings. The van der Waals surface area contributed by atoms with Crippen molar-refractivity contribution in [3.8, 4) is 0 Å². The zero-order valence-electron chi connectivity index (χ0n) is 11.8. The minimum Gasteiger partial charge on any atom is -0.328 e. The lowest BCUT2D eigenvalue weighted by atomic mass is 10.0. The molecule has 2 atom stereocenters. The van der Waals surface area contributed by atoms with E-state index in [9.17, 15) is 8.42 Å². The Hall–Kier alpha value is -0.170. The molecule has 1 heterocycles. The lowest BCUT2D eigenvalue weighted by Gasteiger charge is -2.38. The summed E-state index contributed by atoms with van der Waals surface area (Å²) in [5, 5.41) is 0. The third-order valence-electron chi connectivity index (χ3n) is 3.42. The molecule has 1 aliphatic rings. The number of hydrogen-bond acceptors (Lipinski definition) is 3. The second-order valence-electron chi connectivity index (χ2n) is 5.15. The molecule has 1 fully saturated rings. The van der Waals surface area contributed by atoms with Crippen molar-refractivity contribution in [2.24, 2.45) is 5.73 Å². The molecule has 1 saturated heterocycles. The molecule has 0 aliphatic carbocycles. The summed E-state index contributed by atoms with van der Waals surface area (Å²) < 4.78 is 28.4. The molecule has 1 aliphatic heterocycles. The van der Waals surface area contributed by atoms with Gasteiger partial charge >= 0.3 is 0 Å². The van der Waals surface area contributed by atoms with Gasteiger partial charge in [0, 0.05) is 31.7 Å². The number of hydrogen-bond donors (Lipinski definition) is 1. The first-order valence-electron chi connectivity index (χ1n) is 6.96. The van der Waals surface area contributed by atoms with Crippen molar-refractivity contribution < 1.29 is 8.42 Å². The minimum absolute atomic E-state index is 0.00922. The third-order valence-corrected chi connectivity index (χ3v) is 5.58. The van der Waals surface area contributed by atoms with Crippen LogP contribution in [0.5, 0.6) is 0 Å². The van der Waals surface area contributed by atoms with Gasteiger partial charge in [0.1, 0.15) is 0 Å². The van der Waals surface area contributed by atoms with E-state index in [1.165, 1.54) is 0 Å². The van der Waals surface area contributed by atoms with Gasteiger partial charge in [-0.1, -0.05) is 13.8 Å². The molecule has 0 spiro atoms. The summed E-state index contributed by atoms with van der Waals surface area (Å²) in [4.78, 5) is 0. The Morgan fingerprint density at radius 1 is 1.28 bits per heavy atom. The Morgan fingerprint density at radius 2 is 1.83 bits per heavy atom. The van der Waals surface area contributed by atoms with Crippen LogP contribution in [0.15, 0.2) is 0 Å². The highest BCUT2D eigenvalue weighted by Crippen LogP contribution is 2.22. The highest BCUT2D eigenvalue weighted by atomic mass is 32.2. The predicted molar refractivity (Wildman–Crippen MR) is 74.5 cm³/mol. The van der Waals surface area contributed by atoms with E-state index in [2.05, 4.69) is 0 Å². The fourth-order valence-corrected chi connectivity index (χ4v) is 4.52. The Kier molecular flexibility index (Phi) is 6.04. The Bertz CT molecular complexity index is 339. The van der Waals surface area contributed by atoms with Gasteiger partial charge in [-0.3, -0.25) is 0 Å². The van der Waals surface area contributed by atoms with E-state index in [4.69, 9.17) is 5.73 Å². The van der Waals surface area contributed by atoms with Crippen molar-refractivity contribution in [3.63, 3.8) is 0 Å². The van der Waals surface area contributed by atoms with Crippen LogP contribution in [-0.4, -0.2) is 48.7 Å². The van der Waals surface area contributed by atoms with Gasteiger partial charge < -0.3 is 5.73 Å².